The van der Waals surface area contributed by atoms with Gasteiger partial charge in [-0.3, -0.25) is 4.79 Å². The molecule has 1 amide bonds. The van der Waals surface area contributed by atoms with E-state index in [1.165, 1.54) is 0 Å². The van der Waals surface area contributed by atoms with Crippen LogP contribution in [-0.2, 0) is 6.42 Å². The zero-order valence-corrected chi connectivity index (χ0v) is 15.6. The second-order valence-corrected chi connectivity index (χ2v) is 7.17. The third kappa shape index (κ3) is 4.07. The van der Waals surface area contributed by atoms with Gasteiger partial charge in [-0.05, 0) is 41.3 Å². The van der Waals surface area contributed by atoms with Gasteiger partial charge in [0, 0.05) is 16.3 Å². The summed E-state index contributed by atoms with van der Waals surface area (Å²) in [4.78, 5) is 17.9. The van der Waals surface area contributed by atoms with Crippen LogP contribution in [0.4, 0.5) is 5.69 Å². The Labute approximate surface area is 164 Å². The molecule has 2 heterocycles. The molecule has 2 aromatic heterocycles. The summed E-state index contributed by atoms with van der Waals surface area (Å²) in [5.41, 5.74) is 2.07. The predicted molar refractivity (Wildman–Crippen MR) is 106 cm³/mol. The molecule has 7 heteroatoms. The number of carbonyl (C=O) groups excluding carboxylic acids is 1. The highest BCUT2D eigenvalue weighted by molar-refractivity contribution is 7.13. The van der Waals surface area contributed by atoms with Gasteiger partial charge in [0.1, 0.15) is 0 Å². The van der Waals surface area contributed by atoms with E-state index in [-0.39, 0.29) is 5.91 Å². The van der Waals surface area contributed by atoms with Gasteiger partial charge in [-0.1, -0.05) is 47.1 Å². The highest BCUT2D eigenvalue weighted by atomic mass is 35.5. The molecule has 0 spiro atoms. The fourth-order valence-electron chi connectivity index (χ4n) is 2.62. The number of nitrogens with one attached hydrogen (secondary N) is 1. The van der Waals surface area contributed by atoms with Crippen LogP contribution in [0.2, 0.25) is 5.02 Å². The fourth-order valence-corrected chi connectivity index (χ4v) is 3.46. The summed E-state index contributed by atoms with van der Waals surface area (Å²) in [5.74, 6) is 0.832. The van der Waals surface area contributed by atoms with Crippen LogP contribution >= 0.6 is 22.9 Å². The number of hydrogen-bond acceptors (Lipinski definition) is 5. The second kappa shape index (κ2) is 7.73. The van der Waals surface area contributed by atoms with Crippen LogP contribution in [0.25, 0.3) is 10.7 Å². The minimum Gasteiger partial charge on any atom is -0.339 e. The van der Waals surface area contributed by atoms with Gasteiger partial charge in [-0.25, -0.2) is 0 Å². The first-order valence-corrected chi connectivity index (χ1v) is 9.46. The van der Waals surface area contributed by atoms with Gasteiger partial charge in [0.25, 0.3) is 5.91 Å². The summed E-state index contributed by atoms with van der Waals surface area (Å²) >= 11 is 7.52. The number of halogens is 1. The van der Waals surface area contributed by atoms with Crippen LogP contribution in [0.1, 0.15) is 21.8 Å². The highest BCUT2D eigenvalue weighted by Gasteiger charge is 2.14. The lowest BCUT2D eigenvalue weighted by molar-refractivity contribution is 0.102. The molecule has 0 saturated heterocycles. The van der Waals surface area contributed by atoms with E-state index in [2.05, 4.69) is 15.5 Å². The Balaban J connectivity index is 1.54. The topological polar surface area (TPSA) is 68.0 Å². The molecular weight excluding hydrogens is 382 g/mol. The van der Waals surface area contributed by atoms with Crippen molar-refractivity contribution in [1.82, 2.24) is 10.1 Å². The first-order chi connectivity index (χ1) is 13.2. The number of nitrogens with zero attached hydrogens (tertiary/aromatic N) is 2. The SMILES string of the molecule is O=C(Nc1ccccc1Cc1nc(-c2cccs2)no1)c1cccc(Cl)c1. The van der Waals surface area contributed by atoms with Gasteiger partial charge in [-0.2, -0.15) is 4.98 Å². The minimum atomic E-state index is -0.227. The summed E-state index contributed by atoms with van der Waals surface area (Å²) in [6.07, 6.45) is 0.421. The van der Waals surface area contributed by atoms with E-state index >= 15 is 0 Å². The molecule has 4 rings (SSSR count). The first-order valence-electron chi connectivity index (χ1n) is 8.20. The van der Waals surface area contributed by atoms with Gasteiger partial charge >= 0.3 is 0 Å². The molecule has 27 heavy (non-hydrogen) atoms. The highest BCUT2D eigenvalue weighted by Crippen LogP contribution is 2.24. The van der Waals surface area contributed by atoms with E-state index in [4.69, 9.17) is 16.1 Å². The van der Waals surface area contributed by atoms with Crippen LogP contribution in [-0.4, -0.2) is 16.0 Å². The standard InChI is InChI=1S/C20H14ClN3O2S/c21-15-7-3-6-14(11-15)20(25)22-16-8-2-1-5-13(16)12-18-23-19(24-26-18)17-9-4-10-27-17/h1-11H,12H2,(H,22,25). The number of aromatic nitrogens is 2. The Hall–Kier alpha value is -2.96. The summed E-state index contributed by atoms with van der Waals surface area (Å²) in [7, 11) is 0. The lowest BCUT2D eigenvalue weighted by Crippen LogP contribution is -2.13. The van der Waals surface area contributed by atoms with Crippen LogP contribution in [0.3, 0.4) is 0 Å². The van der Waals surface area contributed by atoms with Gasteiger partial charge in [0.05, 0.1) is 11.3 Å². The van der Waals surface area contributed by atoms with Crippen LogP contribution < -0.4 is 5.32 Å². The Morgan fingerprint density at radius 3 is 2.81 bits per heavy atom. The fraction of sp³-hybridized carbons (Fsp3) is 0.0500. The number of amides is 1. The molecule has 0 aliphatic carbocycles. The van der Waals surface area contributed by atoms with Crippen LogP contribution in [0, 0.1) is 0 Å². The molecule has 0 fully saturated rings. The van der Waals surface area contributed by atoms with Crippen molar-refractivity contribution < 1.29 is 9.32 Å². The molecule has 4 aromatic rings. The first kappa shape index (κ1) is 17.5. The third-order valence-electron chi connectivity index (χ3n) is 3.90. The Bertz CT molecular complexity index is 1080. The monoisotopic (exact) mass is 395 g/mol. The average Bonchev–Trinajstić information content (AvgIpc) is 3.35. The van der Waals surface area contributed by atoms with Crippen molar-refractivity contribution in [2.45, 2.75) is 6.42 Å². The number of carbonyl (C=O) groups is 1. The predicted octanol–water partition coefficient (Wildman–Crippen LogP) is 5.29. The molecule has 2 aromatic carbocycles. The molecule has 134 valence electrons. The maximum Gasteiger partial charge on any atom is 0.255 e. The molecule has 0 radical (unpaired) electrons. The largest absolute Gasteiger partial charge is 0.339 e. The van der Waals surface area contributed by atoms with E-state index in [1.54, 1.807) is 35.6 Å². The summed E-state index contributed by atoms with van der Waals surface area (Å²) in [6, 6.07) is 18.2. The van der Waals surface area contributed by atoms with Crippen LogP contribution in [0.15, 0.2) is 70.6 Å². The molecule has 0 aliphatic heterocycles. The van der Waals surface area contributed by atoms with Crippen molar-refractivity contribution in [3.05, 3.63) is 88.1 Å². The Morgan fingerprint density at radius 2 is 2.00 bits per heavy atom. The molecule has 0 atom stereocenters. The minimum absolute atomic E-state index is 0.227. The van der Waals surface area contributed by atoms with E-state index in [0.29, 0.717) is 34.4 Å². The van der Waals surface area contributed by atoms with E-state index in [9.17, 15) is 4.79 Å². The van der Waals surface area contributed by atoms with E-state index in [0.717, 1.165) is 10.4 Å². The quantitative estimate of drug-likeness (QED) is 0.498. The summed E-state index contributed by atoms with van der Waals surface area (Å²) in [6.45, 7) is 0. The maximum absolute atomic E-state index is 12.5. The van der Waals surface area contributed by atoms with Crippen molar-refractivity contribution in [1.29, 1.82) is 0 Å². The average molecular weight is 396 g/mol. The van der Waals surface area contributed by atoms with Gasteiger partial charge in [-0.15, -0.1) is 11.3 Å². The van der Waals surface area contributed by atoms with Crippen molar-refractivity contribution in [3.8, 4) is 10.7 Å². The van der Waals surface area contributed by atoms with Gasteiger partial charge < -0.3 is 9.84 Å². The van der Waals surface area contributed by atoms with Gasteiger partial charge in [0.2, 0.25) is 11.7 Å². The number of thiophene rings is 1. The Morgan fingerprint density at radius 1 is 1.11 bits per heavy atom. The smallest absolute Gasteiger partial charge is 0.255 e. The van der Waals surface area contributed by atoms with E-state index in [1.807, 2.05) is 41.8 Å². The van der Waals surface area contributed by atoms with Crippen molar-refractivity contribution >= 4 is 34.5 Å². The van der Waals surface area contributed by atoms with Gasteiger partial charge in [0.15, 0.2) is 0 Å². The zero-order valence-electron chi connectivity index (χ0n) is 14.1. The van der Waals surface area contributed by atoms with Crippen molar-refractivity contribution in [3.63, 3.8) is 0 Å². The lowest BCUT2D eigenvalue weighted by atomic mass is 10.1. The third-order valence-corrected chi connectivity index (χ3v) is 5.00. The normalized spacial score (nSPS) is 10.7. The summed E-state index contributed by atoms with van der Waals surface area (Å²) < 4.78 is 5.37. The van der Waals surface area contributed by atoms with Crippen molar-refractivity contribution in [2.24, 2.45) is 0 Å². The zero-order chi connectivity index (χ0) is 18.6. The number of hydrogen-bond donors (Lipinski definition) is 1. The second-order valence-electron chi connectivity index (χ2n) is 5.79. The van der Waals surface area contributed by atoms with Crippen molar-refractivity contribution in [2.75, 3.05) is 5.32 Å². The Kier molecular flexibility index (Phi) is 5.00. The molecule has 0 unspecified atom stereocenters. The maximum atomic E-state index is 12.5. The molecule has 0 saturated carbocycles. The summed E-state index contributed by atoms with van der Waals surface area (Å²) in [5, 5.41) is 9.43. The molecule has 5 nitrogen and oxygen atoms in total. The number of anilines is 1. The molecular formula is C20H14ClN3O2S. The molecule has 1 N–H and O–H groups in total. The van der Waals surface area contributed by atoms with Crippen LogP contribution in [0.5, 0.6) is 0 Å². The number of para-hydroxylation sites is 1. The number of rotatable bonds is 5. The molecule has 0 aliphatic rings. The number of benzene rings is 2. The van der Waals surface area contributed by atoms with E-state index < -0.39 is 0 Å². The lowest BCUT2D eigenvalue weighted by Gasteiger charge is -2.10. The molecule has 0 bridgehead atoms.